The van der Waals surface area contributed by atoms with Crippen molar-refractivity contribution >= 4 is 11.6 Å². The van der Waals surface area contributed by atoms with Gasteiger partial charge in [-0.15, -0.1) is 5.10 Å². The Hall–Kier alpha value is -3.15. The Kier molecular flexibility index (Phi) is 4.39. The van der Waals surface area contributed by atoms with E-state index in [9.17, 15) is 4.79 Å². The highest BCUT2D eigenvalue weighted by Gasteiger charge is 2.34. The quantitative estimate of drug-likeness (QED) is 0.736. The van der Waals surface area contributed by atoms with Gasteiger partial charge < -0.3 is 10.1 Å². The van der Waals surface area contributed by atoms with Crippen LogP contribution >= 0.6 is 0 Å². The Morgan fingerprint density at radius 3 is 2.62 bits per heavy atom. The van der Waals surface area contributed by atoms with Crippen LogP contribution in [0.1, 0.15) is 41.9 Å². The number of hydrogen-bond donors (Lipinski definition) is 1. The predicted molar refractivity (Wildman–Crippen MR) is 98.9 cm³/mol. The maximum atomic E-state index is 12.9. The summed E-state index contributed by atoms with van der Waals surface area (Å²) in [5.74, 6) is 0.709. The van der Waals surface area contributed by atoms with Crippen molar-refractivity contribution in [2.24, 2.45) is 0 Å². The summed E-state index contributed by atoms with van der Waals surface area (Å²) in [6.45, 7) is 2.44. The van der Waals surface area contributed by atoms with Gasteiger partial charge in [0.15, 0.2) is 5.69 Å². The molecule has 1 heterocycles. The first-order valence-electron chi connectivity index (χ1n) is 8.82. The van der Waals surface area contributed by atoms with Crippen LogP contribution in [0, 0.1) is 0 Å². The van der Waals surface area contributed by atoms with Gasteiger partial charge in [-0.25, -0.2) is 4.68 Å². The van der Waals surface area contributed by atoms with Gasteiger partial charge in [0, 0.05) is 5.92 Å². The Morgan fingerprint density at radius 1 is 1.15 bits per heavy atom. The molecule has 6 heteroatoms. The maximum absolute atomic E-state index is 12.9. The minimum Gasteiger partial charge on any atom is -0.492 e. The van der Waals surface area contributed by atoms with E-state index >= 15 is 0 Å². The van der Waals surface area contributed by atoms with Crippen LogP contribution in [-0.4, -0.2) is 27.5 Å². The van der Waals surface area contributed by atoms with Crippen LogP contribution in [-0.2, 0) is 0 Å². The molecule has 1 aromatic heterocycles. The normalized spacial score (nSPS) is 13.4. The van der Waals surface area contributed by atoms with Crippen LogP contribution in [0.5, 0.6) is 5.75 Å². The molecule has 0 unspecified atom stereocenters. The van der Waals surface area contributed by atoms with Gasteiger partial charge in [0.2, 0.25) is 0 Å². The van der Waals surface area contributed by atoms with E-state index in [1.54, 1.807) is 4.68 Å². The van der Waals surface area contributed by atoms with Crippen molar-refractivity contribution in [1.29, 1.82) is 0 Å². The number of aromatic nitrogens is 3. The molecule has 1 N–H and O–H groups in total. The summed E-state index contributed by atoms with van der Waals surface area (Å²) in [7, 11) is 0. The first kappa shape index (κ1) is 16.3. The molecule has 1 fully saturated rings. The van der Waals surface area contributed by atoms with Crippen molar-refractivity contribution in [3.63, 3.8) is 0 Å². The van der Waals surface area contributed by atoms with E-state index in [0.29, 0.717) is 29.7 Å². The number of nitrogens with one attached hydrogen (secondary N) is 1. The lowest BCUT2D eigenvalue weighted by molar-refractivity contribution is 0.102. The van der Waals surface area contributed by atoms with Crippen molar-refractivity contribution in [2.45, 2.75) is 25.7 Å². The van der Waals surface area contributed by atoms with E-state index in [1.807, 2.05) is 61.5 Å². The van der Waals surface area contributed by atoms with Gasteiger partial charge in [0.1, 0.15) is 5.75 Å². The van der Waals surface area contributed by atoms with Crippen LogP contribution in [0.25, 0.3) is 5.69 Å². The summed E-state index contributed by atoms with van der Waals surface area (Å²) in [5, 5.41) is 11.3. The lowest BCUT2D eigenvalue weighted by Crippen LogP contribution is -2.16. The topological polar surface area (TPSA) is 69.0 Å². The van der Waals surface area contributed by atoms with Gasteiger partial charge >= 0.3 is 0 Å². The molecule has 26 heavy (non-hydrogen) atoms. The Bertz CT molecular complexity index is 917. The summed E-state index contributed by atoms with van der Waals surface area (Å²) < 4.78 is 7.36. The number of carbonyl (C=O) groups excluding carboxylic acids is 1. The van der Waals surface area contributed by atoms with Crippen molar-refractivity contribution in [3.05, 3.63) is 66.0 Å². The maximum Gasteiger partial charge on any atom is 0.278 e. The third-order valence-corrected chi connectivity index (χ3v) is 4.32. The molecule has 1 amide bonds. The van der Waals surface area contributed by atoms with Gasteiger partial charge in [-0.1, -0.05) is 35.5 Å². The smallest absolute Gasteiger partial charge is 0.278 e. The number of ether oxygens (including phenoxy) is 1. The van der Waals surface area contributed by atoms with E-state index in [4.69, 9.17) is 4.74 Å². The highest BCUT2D eigenvalue weighted by Crippen LogP contribution is 2.42. The number of amides is 1. The van der Waals surface area contributed by atoms with E-state index in [1.165, 1.54) is 0 Å². The number of para-hydroxylation sites is 3. The second-order valence-electron chi connectivity index (χ2n) is 6.23. The van der Waals surface area contributed by atoms with E-state index in [2.05, 4.69) is 15.6 Å². The summed E-state index contributed by atoms with van der Waals surface area (Å²) >= 11 is 0. The lowest BCUT2D eigenvalue weighted by atomic mass is 10.2. The van der Waals surface area contributed by atoms with Crippen LogP contribution in [0.15, 0.2) is 54.6 Å². The fourth-order valence-electron chi connectivity index (χ4n) is 2.97. The molecule has 1 saturated carbocycles. The first-order valence-corrected chi connectivity index (χ1v) is 8.82. The molecule has 0 saturated heterocycles. The van der Waals surface area contributed by atoms with Crippen LogP contribution in [0.3, 0.4) is 0 Å². The van der Waals surface area contributed by atoms with Gasteiger partial charge in [0.05, 0.1) is 23.7 Å². The third kappa shape index (κ3) is 3.18. The largest absolute Gasteiger partial charge is 0.492 e. The fraction of sp³-hybridized carbons (Fsp3) is 0.250. The standard InChI is InChI=1S/C20H20N4O2/c1-2-26-17-11-7-6-10-16(17)21-20(25)18-19(14-12-13-14)24(23-22-18)15-8-4-3-5-9-15/h3-11,14H,2,12-13H2,1H3,(H,21,25). The number of rotatable bonds is 6. The third-order valence-electron chi connectivity index (χ3n) is 4.32. The zero-order chi connectivity index (χ0) is 17.9. The first-order chi connectivity index (χ1) is 12.8. The second kappa shape index (κ2) is 7.00. The van der Waals surface area contributed by atoms with Gasteiger partial charge in [-0.2, -0.15) is 0 Å². The Morgan fingerprint density at radius 2 is 1.88 bits per heavy atom. The molecule has 6 nitrogen and oxygen atoms in total. The molecule has 1 aliphatic rings. The molecular weight excluding hydrogens is 328 g/mol. The molecule has 2 aromatic carbocycles. The Labute approximate surface area is 151 Å². The molecule has 0 atom stereocenters. The van der Waals surface area contributed by atoms with Gasteiger partial charge in [-0.05, 0) is 44.0 Å². The van der Waals surface area contributed by atoms with E-state index in [-0.39, 0.29) is 5.91 Å². The number of anilines is 1. The molecule has 0 spiro atoms. The molecule has 0 aliphatic heterocycles. The summed E-state index contributed by atoms with van der Waals surface area (Å²) in [4.78, 5) is 12.9. The SMILES string of the molecule is CCOc1ccccc1NC(=O)c1nnn(-c2ccccc2)c1C1CC1. The minimum absolute atomic E-state index is 0.263. The van der Waals surface area contributed by atoms with Crippen molar-refractivity contribution < 1.29 is 9.53 Å². The molecule has 4 rings (SSSR count). The number of carbonyl (C=O) groups is 1. The fourth-order valence-corrected chi connectivity index (χ4v) is 2.97. The number of benzene rings is 2. The summed E-state index contributed by atoms with van der Waals surface area (Å²) in [6, 6.07) is 17.2. The van der Waals surface area contributed by atoms with Crippen molar-refractivity contribution in [2.75, 3.05) is 11.9 Å². The highest BCUT2D eigenvalue weighted by molar-refractivity contribution is 6.04. The minimum atomic E-state index is -0.263. The Balaban J connectivity index is 1.66. The molecular formula is C20H20N4O2. The van der Waals surface area contributed by atoms with E-state index in [0.717, 1.165) is 24.2 Å². The molecule has 0 bridgehead atoms. The molecule has 1 aliphatic carbocycles. The highest BCUT2D eigenvalue weighted by atomic mass is 16.5. The summed E-state index contributed by atoms with van der Waals surface area (Å²) in [5.41, 5.74) is 2.80. The van der Waals surface area contributed by atoms with Crippen LogP contribution < -0.4 is 10.1 Å². The molecule has 0 radical (unpaired) electrons. The molecule has 132 valence electrons. The van der Waals surface area contributed by atoms with Crippen molar-refractivity contribution in [1.82, 2.24) is 15.0 Å². The molecule has 3 aromatic rings. The average molecular weight is 348 g/mol. The van der Waals surface area contributed by atoms with Crippen LogP contribution in [0.2, 0.25) is 0 Å². The predicted octanol–water partition coefficient (Wildman–Crippen LogP) is 3.80. The van der Waals surface area contributed by atoms with Gasteiger partial charge in [-0.3, -0.25) is 4.79 Å². The zero-order valence-corrected chi connectivity index (χ0v) is 14.6. The summed E-state index contributed by atoms with van der Waals surface area (Å²) in [6.07, 6.45) is 2.10. The lowest BCUT2D eigenvalue weighted by Gasteiger charge is -2.11. The van der Waals surface area contributed by atoms with Crippen molar-refractivity contribution in [3.8, 4) is 11.4 Å². The monoisotopic (exact) mass is 348 g/mol. The van der Waals surface area contributed by atoms with Gasteiger partial charge in [0.25, 0.3) is 5.91 Å². The number of nitrogens with zero attached hydrogens (tertiary/aromatic N) is 3. The average Bonchev–Trinajstić information content (AvgIpc) is 3.42. The zero-order valence-electron chi connectivity index (χ0n) is 14.6. The second-order valence-corrected chi connectivity index (χ2v) is 6.23. The van der Waals surface area contributed by atoms with Crippen LogP contribution in [0.4, 0.5) is 5.69 Å². The van der Waals surface area contributed by atoms with E-state index < -0.39 is 0 Å². The number of hydrogen-bond acceptors (Lipinski definition) is 4.